The van der Waals surface area contributed by atoms with Crippen LogP contribution in [0.3, 0.4) is 0 Å². The monoisotopic (exact) mass is 387 g/mol. The first-order valence-corrected chi connectivity index (χ1v) is 8.56. The standard InChI is InChI=1S/C18H29N3O4.ClH/c1-19-14-6-5-7-21(11-14)12-17(22)20-10-13-8-15(23-2)18(25-4)16(9-13)24-3;/h8-9,14,19H,5-7,10-12H2,1-4H3,(H,20,22);1H. The lowest BCUT2D eigenvalue weighted by atomic mass is 10.1. The van der Waals surface area contributed by atoms with Crippen molar-refractivity contribution in [1.29, 1.82) is 0 Å². The lowest BCUT2D eigenvalue weighted by Gasteiger charge is -2.31. The summed E-state index contributed by atoms with van der Waals surface area (Å²) in [5.74, 6) is 1.73. The zero-order chi connectivity index (χ0) is 18.2. The zero-order valence-electron chi connectivity index (χ0n) is 16.0. The summed E-state index contributed by atoms with van der Waals surface area (Å²) >= 11 is 0. The Labute approximate surface area is 161 Å². The van der Waals surface area contributed by atoms with E-state index in [0.717, 1.165) is 25.1 Å². The third-order valence-electron chi connectivity index (χ3n) is 4.50. The molecule has 1 fully saturated rings. The van der Waals surface area contributed by atoms with Crippen LogP contribution >= 0.6 is 12.4 Å². The molecule has 7 nitrogen and oxygen atoms in total. The van der Waals surface area contributed by atoms with Gasteiger partial charge in [0.2, 0.25) is 11.7 Å². The summed E-state index contributed by atoms with van der Waals surface area (Å²) in [6.07, 6.45) is 2.28. The van der Waals surface area contributed by atoms with Crippen molar-refractivity contribution in [3.05, 3.63) is 17.7 Å². The Morgan fingerprint density at radius 2 is 1.85 bits per heavy atom. The summed E-state index contributed by atoms with van der Waals surface area (Å²) < 4.78 is 16.0. The van der Waals surface area contributed by atoms with Crippen LogP contribution in [0.1, 0.15) is 18.4 Å². The second-order valence-electron chi connectivity index (χ2n) is 6.17. The van der Waals surface area contributed by atoms with Crippen LogP contribution in [-0.4, -0.2) is 64.9 Å². The van der Waals surface area contributed by atoms with Gasteiger partial charge in [0.05, 0.1) is 27.9 Å². The van der Waals surface area contributed by atoms with Gasteiger partial charge in [0.15, 0.2) is 11.5 Å². The van der Waals surface area contributed by atoms with Crippen LogP contribution in [0.25, 0.3) is 0 Å². The summed E-state index contributed by atoms with van der Waals surface area (Å²) in [7, 11) is 6.69. The molecule has 0 aromatic heterocycles. The highest BCUT2D eigenvalue weighted by Gasteiger charge is 2.20. The minimum Gasteiger partial charge on any atom is -0.493 e. The second-order valence-corrected chi connectivity index (χ2v) is 6.17. The molecule has 1 heterocycles. The molecule has 1 amide bonds. The van der Waals surface area contributed by atoms with Crippen LogP contribution in [0.4, 0.5) is 0 Å². The first kappa shape index (κ1) is 22.3. The number of likely N-dealkylation sites (tertiary alicyclic amines) is 1. The van der Waals surface area contributed by atoms with Gasteiger partial charge >= 0.3 is 0 Å². The summed E-state index contributed by atoms with van der Waals surface area (Å²) in [5.41, 5.74) is 0.898. The molecular weight excluding hydrogens is 358 g/mol. The second kappa shape index (κ2) is 11.1. The predicted molar refractivity (Wildman–Crippen MR) is 104 cm³/mol. The number of benzene rings is 1. The Balaban J connectivity index is 0.00000338. The van der Waals surface area contributed by atoms with Crippen molar-refractivity contribution in [1.82, 2.24) is 15.5 Å². The molecule has 1 aromatic carbocycles. The van der Waals surface area contributed by atoms with Crippen molar-refractivity contribution in [3.63, 3.8) is 0 Å². The first-order chi connectivity index (χ1) is 12.1. The largest absolute Gasteiger partial charge is 0.493 e. The van der Waals surface area contributed by atoms with Crippen LogP contribution in [-0.2, 0) is 11.3 Å². The number of ether oxygens (including phenoxy) is 3. The molecule has 0 bridgehead atoms. The summed E-state index contributed by atoms with van der Waals surface area (Å²) in [4.78, 5) is 14.4. The van der Waals surface area contributed by atoms with E-state index in [1.807, 2.05) is 19.2 Å². The summed E-state index contributed by atoms with van der Waals surface area (Å²) in [5, 5.41) is 6.25. The number of rotatable bonds is 8. The van der Waals surface area contributed by atoms with E-state index in [9.17, 15) is 4.79 Å². The SMILES string of the molecule is CNC1CCCN(CC(=O)NCc2cc(OC)c(OC)c(OC)c2)C1.Cl. The van der Waals surface area contributed by atoms with Gasteiger partial charge in [0.25, 0.3) is 0 Å². The van der Waals surface area contributed by atoms with Crippen LogP contribution in [0.5, 0.6) is 17.2 Å². The Hall–Kier alpha value is -1.70. The number of nitrogens with one attached hydrogen (secondary N) is 2. The van der Waals surface area contributed by atoms with Gasteiger partial charge in [-0.2, -0.15) is 0 Å². The Kier molecular flexibility index (Phi) is 9.54. The molecule has 26 heavy (non-hydrogen) atoms. The van der Waals surface area contributed by atoms with Crippen molar-refractivity contribution in [2.45, 2.75) is 25.4 Å². The van der Waals surface area contributed by atoms with Gasteiger partial charge in [-0.05, 0) is 44.1 Å². The van der Waals surface area contributed by atoms with E-state index >= 15 is 0 Å². The molecule has 1 aromatic rings. The quantitative estimate of drug-likeness (QED) is 0.703. The fourth-order valence-corrected chi connectivity index (χ4v) is 3.13. The molecule has 1 unspecified atom stereocenters. The number of nitrogens with zero attached hydrogens (tertiary/aromatic N) is 1. The molecule has 1 aliphatic heterocycles. The van der Waals surface area contributed by atoms with Gasteiger partial charge in [0, 0.05) is 19.1 Å². The van der Waals surface area contributed by atoms with Crippen molar-refractivity contribution in [3.8, 4) is 17.2 Å². The average Bonchev–Trinajstić information content (AvgIpc) is 2.65. The number of carbonyl (C=O) groups is 1. The minimum atomic E-state index is 0. The molecule has 148 valence electrons. The lowest BCUT2D eigenvalue weighted by molar-refractivity contribution is -0.122. The van der Waals surface area contributed by atoms with Crippen LogP contribution in [0.2, 0.25) is 0 Å². The van der Waals surface area contributed by atoms with Crippen LogP contribution in [0, 0.1) is 0 Å². The summed E-state index contributed by atoms with van der Waals surface area (Å²) in [6, 6.07) is 4.16. The van der Waals surface area contributed by atoms with Gasteiger partial charge in [0.1, 0.15) is 0 Å². The highest BCUT2D eigenvalue weighted by Crippen LogP contribution is 2.38. The van der Waals surface area contributed by atoms with E-state index in [1.165, 1.54) is 6.42 Å². The molecule has 2 rings (SSSR count). The fourth-order valence-electron chi connectivity index (χ4n) is 3.13. The maximum atomic E-state index is 12.3. The molecule has 2 N–H and O–H groups in total. The molecule has 0 radical (unpaired) electrons. The number of hydrogen-bond donors (Lipinski definition) is 2. The maximum Gasteiger partial charge on any atom is 0.234 e. The van der Waals surface area contributed by atoms with Gasteiger partial charge in [-0.3, -0.25) is 9.69 Å². The van der Waals surface area contributed by atoms with Gasteiger partial charge < -0.3 is 24.8 Å². The van der Waals surface area contributed by atoms with Gasteiger partial charge in [-0.1, -0.05) is 0 Å². The van der Waals surface area contributed by atoms with E-state index in [2.05, 4.69) is 15.5 Å². The first-order valence-electron chi connectivity index (χ1n) is 8.56. The van der Waals surface area contributed by atoms with Crippen LogP contribution < -0.4 is 24.8 Å². The molecule has 0 spiro atoms. The molecule has 0 saturated carbocycles. The topological polar surface area (TPSA) is 72.1 Å². The molecule has 1 aliphatic rings. The Bertz CT molecular complexity index is 561. The van der Waals surface area contributed by atoms with E-state index in [0.29, 0.717) is 36.4 Å². The van der Waals surface area contributed by atoms with Gasteiger partial charge in [-0.25, -0.2) is 0 Å². The molecule has 8 heteroatoms. The highest BCUT2D eigenvalue weighted by molar-refractivity contribution is 5.85. The Morgan fingerprint density at radius 1 is 1.19 bits per heavy atom. The van der Waals surface area contributed by atoms with Crippen molar-refractivity contribution in [2.75, 3.05) is 48.0 Å². The van der Waals surface area contributed by atoms with E-state index in [1.54, 1.807) is 21.3 Å². The Morgan fingerprint density at radius 3 is 2.38 bits per heavy atom. The fraction of sp³-hybridized carbons (Fsp3) is 0.611. The average molecular weight is 388 g/mol. The van der Waals surface area contributed by atoms with Crippen LogP contribution in [0.15, 0.2) is 12.1 Å². The third-order valence-corrected chi connectivity index (χ3v) is 4.50. The zero-order valence-corrected chi connectivity index (χ0v) is 16.8. The number of piperidine rings is 1. The number of likely N-dealkylation sites (N-methyl/N-ethyl adjacent to an activating group) is 1. The van der Waals surface area contributed by atoms with Crippen molar-refractivity contribution in [2.24, 2.45) is 0 Å². The predicted octanol–water partition coefficient (Wildman–Crippen LogP) is 1.43. The third kappa shape index (κ3) is 5.93. The highest BCUT2D eigenvalue weighted by atomic mass is 35.5. The molecule has 0 aliphatic carbocycles. The van der Waals surface area contributed by atoms with Crippen molar-refractivity contribution >= 4 is 18.3 Å². The molecule has 1 atom stereocenters. The van der Waals surface area contributed by atoms with E-state index < -0.39 is 0 Å². The molecular formula is C18H30ClN3O4. The smallest absolute Gasteiger partial charge is 0.234 e. The van der Waals surface area contributed by atoms with E-state index in [4.69, 9.17) is 14.2 Å². The van der Waals surface area contributed by atoms with E-state index in [-0.39, 0.29) is 18.3 Å². The number of amides is 1. The number of carbonyl (C=O) groups excluding carboxylic acids is 1. The number of methoxy groups -OCH3 is 3. The molecule has 1 saturated heterocycles. The number of halogens is 1. The number of hydrogen-bond acceptors (Lipinski definition) is 6. The van der Waals surface area contributed by atoms with Crippen molar-refractivity contribution < 1.29 is 19.0 Å². The van der Waals surface area contributed by atoms with Gasteiger partial charge in [-0.15, -0.1) is 12.4 Å². The minimum absolute atomic E-state index is 0. The summed E-state index contributed by atoms with van der Waals surface area (Å²) in [6.45, 7) is 2.71. The lowest BCUT2D eigenvalue weighted by Crippen LogP contribution is -2.47. The normalized spacial score (nSPS) is 17.2. The maximum absolute atomic E-state index is 12.3.